The fourth-order valence-corrected chi connectivity index (χ4v) is 1.26. The Labute approximate surface area is 85.8 Å². The van der Waals surface area contributed by atoms with Crippen LogP contribution in [0.15, 0.2) is 0 Å². The molecular formula is C6H14NO7P. The van der Waals surface area contributed by atoms with Crippen molar-refractivity contribution >= 4 is 19.5 Å². The highest BCUT2D eigenvalue weighted by molar-refractivity contribution is 7.57. The van der Waals surface area contributed by atoms with E-state index in [2.05, 4.69) is 0 Å². The lowest BCUT2D eigenvalue weighted by atomic mass is 10.2. The molecule has 0 heterocycles. The van der Waals surface area contributed by atoms with Crippen molar-refractivity contribution in [2.75, 3.05) is 12.8 Å². The second kappa shape index (κ2) is 7.22. The number of hydrogen-bond donors (Lipinski definition) is 5. The van der Waals surface area contributed by atoms with E-state index >= 15 is 0 Å². The van der Waals surface area contributed by atoms with Crippen molar-refractivity contribution < 1.29 is 34.4 Å². The SMILES string of the molecule is CP(=O)(O)CCC(N)C(=O)O.O=C(O)O. The van der Waals surface area contributed by atoms with Crippen LogP contribution in [0, 0.1) is 0 Å². The van der Waals surface area contributed by atoms with Gasteiger partial charge in [-0.15, -0.1) is 0 Å². The molecule has 0 saturated heterocycles. The van der Waals surface area contributed by atoms with Gasteiger partial charge in [-0.1, -0.05) is 0 Å². The van der Waals surface area contributed by atoms with Crippen LogP contribution in [0.25, 0.3) is 0 Å². The Kier molecular flexibility index (Phi) is 7.85. The lowest BCUT2D eigenvalue weighted by Crippen LogP contribution is -2.30. The van der Waals surface area contributed by atoms with E-state index in [0.717, 1.165) is 0 Å². The van der Waals surface area contributed by atoms with Gasteiger partial charge in [0.25, 0.3) is 0 Å². The van der Waals surface area contributed by atoms with E-state index in [1.165, 1.54) is 6.66 Å². The van der Waals surface area contributed by atoms with Crippen LogP contribution >= 0.6 is 7.37 Å². The Morgan fingerprint density at radius 1 is 1.33 bits per heavy atom. The van der Waals surface area contributed by atoms with Gasteiger partial charge < -0.3 is 25.9 Å². The van der Waals surface area contributed by atoms with Gasteiger partial charge >= 0.3 is 12.1 Å². The third-order valence-corrected chi connectivity index (χ3v) is 2.26. The second-order valence-electron chi connectivity index (χ2n) is 2.79. The molecule has 0 aromatic rings. The fraction of sp³-hybridized carbons (Fsp3) is 0.667. The Balaban J connectivity index is 0. The minimum absolute atomic E-state index is 0.0412. The summed E-state index contributed by atoms with van der Waals surface area (Å²) in [4.78, 5) is 27.4. The number of rotatable bonds is 4. The molecular weight excluding hydrogens is 229 g/mol. The smallest absolute Gasteiger partial charge is 0.480 e. The van der Waals surface area contributed by atoms with Crippen LogP contribution in [-0.4, -0.2) is 51.2 Å². The van der Waals surface area contributed by atoms with E-state index in [-0.39, 0.29) is 12.6 Å². The van der Waals surface area contributed by atoms with Crippen LogP contribution in [0.1, 0.15) is 6.42 Å². The summed E-state index contributed by atoms with van der Waals surface area (Å²) in [6.07, 6.45) is -1.83. The first-order valence-corrected chi connectivity index (χ1v) is 6.05. The topological polar surface area (TPSA) is 158 Å². The van der Waals surface area contributed by atoms with Gasteiger partial charge in [-0.25, -0.2) is 4.79 Å². The Bertz CT molecular complexity index is 256. The summed E-state index contributed by atoms with van der Waals surface area (Å²) in [6, 6.07) is -1.03. The zero-order chi connectivity index (χ0) is 12.6. The van der Waals surface area contributed by atoms with Crippen molar-refractivity contribution in [2.24, 2.45) is 5.73 Å². The van der Waals surface area contributed by atoms with Gasteiger partial charge in [0, 0.05) is 12.8 Å². The molecule has 0 aromatic heterocycles. The first-order valence-electron chi connectivity index (χ1n) is 3.76. The molecule has 8 nitrogen and oxygen atoms in total. The molecule has 2 unspecified atom stereocenters. The van der Waals surface area contributed by atoms with E-state index in [0.29, 0.717) is 0 Å². The maximum Gasteiger partial charge on any atom is 0.503 e. The van der Waals surface area contributed by atoms with E-state index in [1.54, 1.807) is 0 Å². The second-order valence-corrected chi connectivity index (χ2v) is 5.34. The molecule has 0 amide bonds. The highest BCUT2D eigenvalue weighted by atomic mass is 31.2. The third-order valence-electron chi connectivity index (χ3n) is 1.17. The van der Waals surface area contributed by atoms with Crippen molar-refractivity contribution in [3.05, 3.63) is 0 Å². The normalized spacial score (nSPS) is 15.4. The fourth-order valence-electron chi connectivity index (χ4n) is 0.502. The van der Waals surface area contributed by atoms with Crippen LogP contribution in [0.5, 0.6) is 0 Å². The molecule has 0 bridgehead atoms. The minimum Gasteiger partial charge on any atom is -0.480 e. The molecule has 0 rings (SSSR count). The van der Waals surface area contributed by atoms with E-state index in [9.17, 15) is 9.36 Å². The monoisotopic (exact) mass is 243 g/mol. The summed E-state index contributed by atoms with van der Waals surface area (Å²) in [7, 11) is -3.10. The van der Waals surface area contributed by atoms with Gasteiger partial charge in [0.05, 0.1) is 0 Å². The number of carboxylic acids is 1. The standard InChI is InChI=1S/C5H12NO4P.CH2O3/c1-11(9,10)3-2-4(6)5(7)8;2-1(3)4/h4H,2-3,6H2,1H3,(H,7,8)(H,9,10);(H2,2,3,4). The number of hydrogen-bond acceptors (Lipinski definition) is 4. The van der Waals surface area contributed by atoms with Crippen molar-refractivity contribution in [1.29, 1.82) is 0 Å². The van der Waals surface area contributed by atoms with Crippen LogP contribution in [0.3, 0.4) is 0 Å². The quantitative estimate of drug-likeness (QED) is 0.428. The molecule has 0 spiro atoms. The van der Waals surface area contributed by atoms with Crippen LogP contribution in [0.2, 0.25) is 0 Å². The highest BCUT2D eigenvalue weighted by Crippen LogP contribution is 2.35. The maximum absolute atomic E-state index is 10.6. The molecule has 6 N–H and O–H groups in total. The molecule has 0 saturated carbocycles. The zero-order valence-electron chi connectivity index (χ0n) is 8.03. The first kappa shape index (κ1) is 16.3. The van der Waals surface area contributed by atoms with Crippen molar-refractivity contribution in [3.8, 4) is 0 Å². The maximum atomic E-state index is 10.6. The highest BCUT2D eigenvalue weighted by Gasteiger charge is 2.16. The average Bonchev–Trinajstić information content (AvgIpc) is 1.97. The molecule has 0 radical (unpaired) electrons. The number of aliphatic carboxylic acids is 1. The van der Waals surface area contributed by atoms with Gasteiger partial charge in [-0.05, 0) is 6.42 Å². The third kappa shape index (κ3) is 19.3. The number of carbonyl (C=O) groups is 2. The summed E-state index contributed by atoms with van der Waals surface area (Å²) in [5, 5.41) is 22.2. The van der Waals surface area contributed by atoms with Crippen LogP contribution < -0.4 is 5.73 Å². The molecule has 0 aliphatic rings. The predicted octanol–water partition coefficient (Wildman–Crippen LogP) is -0.0890. The molecule has 90 valence electrons. The molecule has 0 aliphatic carbocycles. The van der Waals surface area contributed by atoms with Gasteiger partial charge in [0.2, 0.25) is 0 Å². The number of carboxylic acid groups (broad SMARTS) is 3. The van der Waals surface area contributed by atoms with Gasteiger partial charge in [-0.2, -0.15) is 0 Å². The summed E-state index contributed by atoms with van der Waals surface area (Å²) in [5.74, 6) is -1.14. The molecule has 0 aromatic carbocycles. The predicted molar refractivity (Wildman–Crippen MR) is 51.5 cm³/mol. The van der Waals surface area contributed by atoms with Gasteiger partial charge in [0.1, 0.15) is 6.04 Å². The van der Waals surface area contributed by atoms with Gasteiger partial charge in [0.15, 0.2) is 7.37 Å². The van der Waals surface area contributed by atoms with Gasteiger partial charge in [-0.3, -0.25) is 9.36 Å². The molecule has 2 atom stereocenters. The van der Waals surface area contributed by atoms with E-state index < -0.39 is 25.5 Å². The lowest BCUT2D eigenvalue weighted by molar-refractivity contribution is -0.138. The van der Waals surface area contributed by atoms with Crippen molar-refractivity contribution in [1.82, 2.24) is 0 Å². The molecule has 15 heavy (non-hydrogen) atoms. The summed E-state index contributed by atoms with van der Waals surface area (Å²) >= 11 is 0. The zero-order valence-corrected chi connectivity index (χ0v) is 8.92. The van der Waals surface area contributed by atoms with E-state index in [4.69, 9.17) is 30.7 Å². The van der Waals surface area contributed by atoms with Crippen LogP contribution in [0.4, 0.5) is 4.79 Å². The van der Waals surface area contributed by atoms with E-state index in [1.807, 2.05) is 0 Å². The van der Waals surface area contributed by atoms with Crippen LogP contribution in [-0.2, 0) is 9.36 Å². The Morgan fingerprint density at radius 2 is 1.67 bits per heavy atom. The Morgan fingerprint density at radius 3 is 1.87 bits per heavy atom. The summed E-state index contributed by atoms with van der Waals surface area (Å²) in [6.45, 7) is 1.18. The Hall–Kier alpha value is -1.11. The average molecular weight is 243 g/mol. The molecule has 0 aliphatic heterocycles. The lowest BCUT2D eigenvalue weighted by Gasteiger charge is -2.07. The minimum atomic E-state index is -3.10. The summed E-state index contributed by atoms with van der Waals surface area (Å²) in [5.41, 5.74) is 5.09. The number of nitrogens with two attached hydrogens (primary N) is 1. The van der Waals surface area contributed by atoms with Crippen molar-refractivity contribution in [2.45, 2.75) is 12.5 Å². The first-order chi connectivity index (χ1) is 6.56. The molecule has 0 fully saturated rings. The van der Waals surface area contributed by atoms with Crippen molar-refractivity contribution in [3.63, 3.8) is 0 Å². The summed E-state index contributed by atoms with van der Waals surface area (Å²) < 4.78 is 10.6. The molecule has 9 heteroatoms. The largest absolute Gasteiger partial charge is 0.503 e.